The Morgan fingerprint density at radius 1 is 0.929 bits per heavy atom. The van der Waals surface area contributed by atoms with Crippen LogP contribution in [0.2, 0.25) is 0 Å². The van der Waals surface area contributed by atoms with Gasteiger partial charge in [0.15, 0.2) is 13.2 Å². The number of nitrogens with one attached hydrogen (secondary N) is 2. The predicted molar refractivity (Wildman–Crippen MR) is 85.5 cm³/mol. The minimum absolute atomic E-state index is 0.0249. The quantitative estimate of drug-likeness (QED) is 0.653. The van der Waals surface area contributed by atoms with E-state index >= 15 is 0 Å². The molecule has 0 spiro atoms. The first-order valence-electron chi connectivity index (χ1n) is 8.46. The summed E-state index contributed by atoms with van der Waals surface area (Å²) in [5.74, 6) is 0. The number of alkyl halides is 6. The van der Waals surface area contributed by atoms with Crippen LogP contribution in [0.25, 0.3) is 0 Å². The number of ether oxygens (including phenoxy) is 2. The van der Waals surface area contributed by atoms with Gasteiger partial charge in [0.2, 0.25) is 0 Å². The highest BCUT2D eigenvalue weighted by atomic mass is 19.4. The molecule has 164 valence electrons. The summed E-state index contributed by atoms with van der Waals surface area (Å²) in [7, 11) is 0. The summed E-state index contributed by atoms with van der Waals surface area (Å²) in [6.07, 6.45) is -10.4. The lowest BCUT2D eigenvalue weighted by atomic mass is 9.62. The van der Waals surface area contributed by atoms with Crippen LogP contribution in [-0.4, -0.2) is 50.3 Å². The molecule has 2 N–H and O–H groups in total. The second-order valence-corrected chi connectivity index (χ2v) is 8.14. The van der Waals surface area contributed by atoms with E-state index in [0.29, 0.717) is 12.8 Å². The molecule has 0 saturated heterocycles. The molecule has 0 bridgehead atoms. The largest absolute Gasteiger partial charge is 0.440 e. The van der Waals surface area contributed by atoms with Gasteiger partial charge in [0.1, 0.15) is 0 Å². The summed E-state index contributed by atoms with van der Waals surface area (Å²) in [5.41, 5.74) is -0.965. The van der Waals surface area contributed by atoms with Crippen molar-refractivity contribution in [3.05, 3.63) is 0 Å². The molecule has 12 heteroatoms. The van der Waals surface area contributed by atoms with Crippen LogP contribution in [0.3, 0.4) is 0 Å². The number of alkyl carbamates (subject to hydrolysis) is 2. The molecule has 6 nitrogen and oxygen atoms in total. The average Bonchev–Trinajstić information content (AvgIpc) is 2.45. The third-order valence-electron chi connectivity index (χ3n) is 4.16. The summed E-state index contributed by atoms with van der Waals surface area (Å²) in [4.78, 5) is 23.0. The number of amides is 2. The van der Waals surface area contributed by atoms with Crippen LogP contribution in [0.1, 0.15) is 40.0 Å². The van der Waals surface area contributed by atoms with Gasteiger partial charge < -0.3 is 20.1 Å². The molecule has 0 aromatic rings. The van der Waals surface area contributed by atoms with Crippen molar-refractivity contribution in [3.8, 4) is 0 Å². The van der Waals surface area contributed by atoms with E-state index < -0.39 is 49.2 Å². The highest BCUT2D eigenvalue weighted by Gasteiger charge is 2.42. The van der Waals surface area contributed by atoms with Crippen LogP contribution in [0.5, 0.6) is 0 Å². The van der Waals surface area contributed by atoms with Crippen LogP contribution in [-0.2, 0) is 9.47 Å². The first-order valence-corrected chi connectivity index (χ1v) is 8.46. The van der Waals surface area contributed by atoms with E-state index in [1.54, 1.807) is 6.92 Å². The van der Waals surface area contributed by atoms with E-state index in [9.17, 15) is 35.9 Å². The van der Waals surface area contributed by atoms with E-state index in [0.717, 1.165) is 0 Å². The molecular weight excluding hydrogens is 398 g/mol. The summed E-state index contributed by atoms with van der Waals surface area (Å²) in [5, 5.41) is 4.65. The number of halogens is 6. The van der Waals surface area contributed by atoms with Gasteiger partial charge in [-0.25, -0.2) is 9.59 Å². The second-order valence-electron chi connectivity index (χ2n) is 8.14. The zero-order valence-corrected chi connectivity index (χ0v) is 15.7. The molecule has 1 aliphatic carbocycles. The molecule has 0 aromatic heterocycles. The van der Waals surface area contributed by atoms with Gasteiger partial charge in [-0.3, -0.25) is 0 Å². The molecule has 0 aliphatic heterocycles. The molecular formula is C16H24F6N2O4. The lowest BCUT2D eigenvalue weighted by molar-refractivity contribution is -0.161. The molecule has 1 aliphatic rings. The van der Waals surface area contributed by atoms with Crippen molar-refractivity contribution < 1.29 is 45.4 Å². The van der Waals surface area contributed by atoms with Crippen LogP contribution >= 0.6 is 0 Å². The van der Waals surface area contributed by atoms with Gasteiger partial charge >= 0.3 is 24.5 Å². The first kappa shape index (κ1) is 24.2. The summed E-state index contributed by atoms with van der Waals surface area (Å²) >= 11 is 0. The normalized spacial score (nSPS) is 25.0. The lowest BCUT2D eigenvalue weighted by Gasteiger charge is -2.46. The Kier molecular flexibility index (Phi) is 7.46. The topological polar surface area (TPSA) is 76.7 Å². The standard InChI is InChI=1S/C16H24F6N2O4/c1-13(2)4-10(24-12(26)28-9-16(20,21)22)5-14(3,6-13)7-23-11(25)27-8-15(17,18)19/h10H,4-9H2,1-3H3,(H,23,25)(H,24,26). The molecule has 28 heavy (non-hydrogen) atoms. The number of carbonyl (C=O) groups is 2. The molecule has 2 atom stereocenters. The van der Waals surface area contributed by atoms with E-state index in [-0.39, 0.29) is 18.4 Å². The third-order valence-corrected chi connectivity index (χ3v) is 4.16. The maximum Gasteiger partial charge on any atom is 0.422 e. The van der Waals surface area contributed by atoms with Crippen molar-refractivity contribution in [2.75, 3.05) is 19.8 Å². The SMILES string of the molecule is CC1(C)CC(NC(=O)OCC(F)(F)F)CC(C)(CNC(=O)OCC(F)(F)F)C1. The maximum absolute atomic E-state index is 12.1. The predicted octanol–water partition coefficient (Wildman–Crippen LogP) is 4.15. The number of rotatable bonds is 5. The second kappa shape index (κ2) is 8.64. The van der Waals surface area contributed by atoms with Crippen molar-refractivity contribution in [2.45, 2.75) is 58.4 Å². The van der Waals surface area contributed by atoms with Gasteiger partial charge in [-0.2, -0.15) is 26.3 Å². The highest BCUT2D eigenvalue weighted by Crippen LogP contribution is 2.45. The van der Waals surface area contributed by atoms with Crippen LogP contribution in [0.15, 0.2) is 0 Å². The third kappa shape index (κ3) is 9.88. The Morgan fingerprint density at radius 2 is 1.43 bits per heavy atom. The van der Waals surface area contributed by atoms with Gasteiger partial charge in [0.05, 0.1) is 0 Å². The van der Waals surface area contributed by atoms with Gasteiger partial charge in [-0.05, 0) is 30.1 Å². The van der Waals surface area contributed by atoms with Crippen molar-refractivity contribution >= 4 is 12.2 Å². The van der Waals surface area contributed by atoms with E-state index in [1.165, 1.54) is 0 Å². The Morgan fingerprint density at radius 3 is 1.93 bits per heavy atom. The Hall–Kier alpha value is -1.88. The number of hydrogen-bond acceptors (Lipinski definition) is 4. The van der Waals surface area contributed by atoms with Crippen LogP contribution < -0.4 is 10.6 Å². The monoisotopic (exact) mass is 422 g/mol. The van der Waals surface area contributed by atoms with E-state index in [2.05, 4.69) is 20.1 Å². The molecule has 1 saturated carbocycles. The fourth-order valence-electron chi connectivity index (χ4n) is 3.71. The lowest BCUT2D eigenvalue weighted by Crippen LogP contribution is -2.50. The first-order chi connectivity index (χ1) is 12.5. The number of carbonyl (C=O) groups excluding carboxylic acids is 2. The summed E-state index contributed by atoms with van der Waals surface area (Å²) < 4.78 is 80.8. The Labute approximate surface area is 158 Å². The maximum atomic E-state index is 12.1. The van der Waals surface area contributed by atoms with Crippen molar-refractivity contribution in [3.63, 3.8) is 0 Å². The fourth-order valence-corrected chi connectivity index (χ4v) is 3.71. The van der Waals surface area contributed by atoms with Gasteiger partial charge in [-0.1, -0.05) is 20.8 Å². The van der Waals surface area contributed by atoms with E-state index in [1.807, 2.05) is 13.8 Å². The minimum Gasteiger partial charge on any atom is -0.440 e. The molecule has 2 unspecified atom stereocenters. The molecule has 0 heterocycles. The van der Waals surface area contributed by atoms with Crippen LogP contribution in [0.4, 0.5) is 35.9 Å². The van der Waals surface area contributed by atoms with E-state index in [4.69, 9.17) is 0 Å². The molecule has 2 amide bonds. The Bertz CT molecular complexity index is 564. The molecule has 1 fully saturated rings. The van der Waals surface area contributed by atoms with Crippen molar-refractivity contribution in [2.24, 2.45) is 10.8 Å². The molecule has 0 aromatic carbocycles. The average molecular weight is 422 g/mol. The summed E-state index contributed by atoms with van der Waals surface area (Å²) in [6.45, 7) is 2.07. The van der Waals surface area contributed by atoms with Gasteiger partial charge in [0, 0.05) is 12.6 Å². The zero-order valence-electron chi connectivity index (χ0n) is 15.7. The highest BCUT2D eigenvalue weighted by molar-refractivity contribution is 5.68. The van der Waals surface area contributed by atoms with Crippen molar-refractivity contribution in [1.82, 2.24) is 10.6 Å². The van der Waals surface area contributed by atoms with Crippen LogP contribution in [0, 0.1) is 10.8 Å². The zero-order chi connectivity index (χ0) is 21.8. The molecule has 0 radical (unpaired) electrons. The van der Waals surface area contributed by atoms with Crippen molar-refractivity contribution in [1.29, 1.82) is 0 Å². The fraction of sp³-hybridized carbons (Fsp3) is 0.875. The molecule has 1 rings (SSSR count). The van der Waals surface area contributed by atoms with Gasteiger partial charge in [0.25, 0.3) is 0 Å². The summed E-state index contributed by atoms with van der Waals surface area (Å²) in [6, 6.07) is -0.525. The Balaban J connectivity index is 2.61. The minimum atomic E-state index is -4.64. The number of hydrogen-bond donors (Lipinski definition) is 2. The van der Waals surface area contributed by atoms with Gasteiger partial charge in [-0.15, -0.1) is 0 Å². The smallest absolute Gasteiger partial charge is 0.422 e.